The normalized spacial score (nSPS) is 25.1. The van der Waals surface area contributed by atoms with E-state index in [2.05, 4.69) is 37.9 Å². The van der Waals surface area contributed by atoms with Crippen LogP contribution in [-0.4, -0.2) is 49.3 Å². The van der Waals surface area contributed by atoms with Crippen molar-refractivity contribution in [1.82, 2.24) is 10.2 Å². The van der Waals surface area contributed by atoms with E-state index in [1.807, 2.05) is 0 Å². The van der Waals surface area contributed by atoms with Gasteiger partial charge in [-0.3, -0.25) is 4.90 Å². The summed E-state index contributed by atoms with van der Waals surface area (Å²) in [4.78, 5) is 2.58. The summed E-state index contributed by atoms with van der Waals surface area (Å²) in [5.41, 5.74) is 0.260. The molecule has 1 aliphatic heterocycles. The van der Waals surface area contributed by atoms with Crippen LogP contribution in [0.3, 0.4) is 0 Å². The lowest BCUT2D eigenvalue weighted by Crippen LogP contribution is -2.60. The Labute approximate surface area is 107 Å². The van der Waals surface area contributed by atoms with Crippen molar-refractivity contribution < 1.29 is 4.74 Å². The molecule has 102 valence electrons. The average Bonchev–Trinajstić information content (AvgIpc) is 2.28. The van der Waals surface area contributed by atoms with E-state index in [0.717, 1.165) is 32.7 Å². The van der Waals surface area contributed by atoms with Gasteiger partial charge in [0.05, 0.1) is 0 Å². The van der Waals surface area contributed by atoms with Gasteiger partial charge in [-0.05, 0) is 33.6 Å². The van der Waals surface area contributed by atoms with Crippen molar-refractivity contribution in [3.05, 3.63) is 0 Å². The molecule has 0 aromatic rings. The fraction of sp³-hybridized carbons (Fsp3) is 1.00. The van der Waals surface area contributed by atoms with Crippen LogP contribution < -0.4 is 5.32 Å². The van der Waals surface area contributed by atoms with Crippen LogP contribution in [0.2, 0.25) is 0 Å². The van der Waals surface area contributed by atoms with E-state index < -0.39 is 0 Å². The highest BCUT2D eigenvalue weighted by Gasteiger charge is 2.29. The predicted molar refractivity (Wildman–Crippen MR) is 73.5 cm³/mol. The maximum Gasteiger partial charge on any atom is 0.0478 e. The SMILES string of the molecule is CCCCOCCCN1CC(C)(C)NCC1C. The first-order chi connectivity index (χ1) is 8.05. The number of hydrogen-bond donors (Lipinski definition) is 1. The van der Waals surface area contributed by atoms with Crippen molar-refractivity contribution in [3.63, 3.8) is 0 Å². The Kier molecular flexibility index (Phi) is 6.45. The highest BCUT2D eigenvalue weighted by atomic mass is 16.5. The lowest BCUT2D eigenvalue weighted by Gasteiger charge is -2.43. The Hall–Kier alpha value is -0.120. The summed E-state index contributed by atoms with van der Waals surface area (Å²) >= 11 is 0. The summed E-state index contributed by atoms with van der Waals surface area (Å²) in [5, 5.41) is 3.58. The molecule has 1 rings (SSSR count). The zero-order chi connectivity index (χ0) is 12.7. The summed E-state index contributed by atoms with van der Waals surface area (Å²) in [6.07, 6.45) is 3.57. The van der Waals surface area contributed by atoms with Gasteiger partial charge < -0.3 is 10.1 Å². The van der Waals surface area contributed by atoms with E-state index in [1.165, 1.54) is 19.4 Å². The van der Waals surface area contributed by atoms with Crippen LogP contribution in [0.25, 0.3) is 0 Å². The Morgan fingerprint density at radius 3 is 2.71 bits per heavy atom. The molecule has 1 N–H and O–H groups in total. The van der Waals surface area contributed by atoms with Gasteiger partial charge in [0.2, 0.25) is 0 Å². The van der Waals surface area contributed by atoms with Gasteiger partial charge in [0.25, 0.3) is 0 Å². The predicted octanol–water partition coefficient (Wildman–Crippen LogP) is 2.27. The summed E-state index contributed by atoms with van der Waals surface area (Å²) < 4.78 is 5.61. The lowest BCUT2D eigenvalue weighted by molar-refractivity contribution is 0.0790. The van der Waals surface area contributed by atoms with E-state index in [9.17, 15) is 0 Å². The Bertz CT molecular complexity index is 206. The number of rotatable bonds is 7. The minimum Gasteiger partial charge on any atom is -0.381 e. The Morgan fingerprint density at radius 1 is 1.29 bits per heavy atom. The van der Waals surface area contributed by atoms with Crippen LogP contribution in [0.5, 0.6) is 0 Å². The fourth-order valence-corrected chi connectivity index (χ4v) is 2.29. The molecule has 1 aliphatic rings. The molecule has 3 heteroatoms. The van der Waals surface area contributed by atoms with E-state index in [-0.39, 0.29) is 5.54 Å². The van der Waals surface area contributed by atoms with Crippen molar-refractivity contribution in [3.8, 4) is 0 Å². The Morgan fingerprint density at radius 2 is 2.00 bits per heavy atom. The average molecular weight is 242 g/mol. The van der Waals surface area contributed by atoms with Crippen molar-refractivity contribution in [1.29, 1.82) is 0 Å². The molecule has 0 radical (unpaired) electrons. The van der Waals surface area contributed by atoms with Crippen LogP contribution >= 0.6 is 0 Å². The standard InChI is InChI=1S/C14H30N2O/c1-5-6-9-17-10-7-8-16-12-14(3,4)15-11-13(16)2/h13,15H,5-12H2,1-4H3. The third-order valence-electron chi connectivity index (χ3n) is 3.47. The minimum absolute atomic E-state index is 0.260. The lowest BCUT2D eigenvalue weighted by atomic mass is 9.99. The van der Waals surface area contributed by atoms with E-state index in [0.29, 0.717) is 6.04 Å². The summed E-state index contributed by atoms with van der Waals surface area (Å²) in [7, 11) is 0. The first kappa shape index (κ1) is 14.9. The molecule has 0 aliphatic carbocycles. The monoisotopic (exact) mass is 242 g/mol. The second-order valence-electron chi connectivity index (χ2n) is 5.90. The van der Waals surface area contributed by atoms with Crippen molar-refractivity contribution >= 4 is 0 Å². The van der Waals surface area contributed by atoms with Gasteiger partial charge in [0.15, 0.2) is 0 Å². The molecule has 0 spiro atoms. The fourth-order valence-electron chi connectivity index (χ4n) is 2.29. The van der Waals surface area contributed by atoms with Crippen molar-refractivity contribution in [2.24, 2.45) is 0 Å². The molecule has 0 saturated carbocycles. The number of unbranched alkanes of at least 4 members (excludes halogenated alkanes) is 1. The first-order valence-corrected chi connectivity index (χ1v) is 7.12. The first-order valence-electron chi connectivity index (χ1n) is 7.12. The molecule has 0 amide bonds. The molecular weight excluding hydrogens is 212 g/mol. The molecule has 3 nitrogen and oxygen atoms in total. The number of ether oxygens (including phenoxy) is 1. The molecule has 0 aromatic heterocycles. The molecule has 1 fully saturated rings. The van der Waals surface area contributed by atoms with Crippen molar-refractivity contribution in [2.75, 3.05) is 32.8 Å². The number of nitrogens with one attached hydrogen (secondary N) is 1. The largest absolute Gasteiger partial charge is 0.381 e. The van der Waals surface area contributed by atoms with E-state index >= 15 is 0 Å². The third-order valence-corrected chi connectivity index (χ3v) is 3.47. The van der Waals surface area contributed by atoms with Crippen LogP contribution in [-0.2, 0) is 4.74 Å². The summed E-state index contributed by atoms with van der Waals surface area (Å²) in [6, 6.07) is 0.652. The Balaban J connectivity index is 2.12. The molecule has 0 aromatic carbocycles. The summed E-state index contributed by atoms with van der Waals surface area (Å²) in [6.45, 7) is 14.3. The topological polar surface area (TPSA) is 24.5 Å². The molecule has 1 atom stereocenters. The van der Waals surface area contributed by atoms with Gasteiger partial charge in [0, 0.05) is 44.4 Å². The van der Waals surface area contributed by atoms with E-state index in [4.69, 9.17) is 4.74 Å². The number of nitrogens with zero attached hydrogens (tertiary/aromatic N) is 1. The van der Waals surface area contributed by atoms with Gasteiger partial charge in [-0.25, -0.2) is 0 Å². The van der Waals surface area contributed by atoms with Crippen LogP contribution in [0.1, 0.15) is 47.0 Å². The van der Waals surface area contributed by atoms with Gasteiger partial charge in [0.1, 0.15) is 0 Å². The molecule has 1 unspecified atom stereocenters. The molecule has 1 heterocycles. The van der Waals surface area contributed by atoms with Gasteiger partial charge in [-0.15, -0.1) is 0 Å². The maximum atomic E-state index is 5.61. The van der Waals surface area contributed by atoms with Crippen LogP contribution in [0.15, 0.2) is 0 Å². The molecule has 1 saturated heterocycles. The van der Waals surface area contributed by atoms with Crippen LogP contribution in [0, 0.1) is 0 Å². The second kappa shape index (κ2) is 7.34. The van der Waals surface area contributed by atoms with E-state index in [1.54, 1.807) is 0 Å². The quantitative estimate of drug-likeness (QED) is 0.693. The molecule has 17 heavy (non-hydrogen) atoms. The smallest absolute Gasteiger partial charge is 0.0478 e. The number of hydrogen-bond acceptors (Lipinski definition) is 3. The van der Waals surface area contributed by atoms with Crippen molar-refractivity contribution in [2.45, 2.75) is 58.5 Å². The third kappa shape index (κ3) is 5.84. The van der Waals surface area contributed by atoms with Gasteiger partial charge in [-0.2, -0.15) is 0 Å². The molecular formula is C14H30N2O. The summed E-state index contributed by atoms with van der Waals surface area (Å²) in [5.74, 6) is 0. The zero-order valence-electron chi connectivity index (χ0n) is 12.1. The highest BCUT2D eigenvalue weighted by Crippen LogP contribution is 2.14. The zero-order valence-corrected chi connectivity index (χ0v) is 12.1. The van der Waals surface area contributed by atoms with Gasteiger partial charge in [-0.1, -0.05) is 13.3 Å². The maximum absolute atomic E-state index is 5.61. The second-order valence-corrected chi connectivity index (χ2v) is 5.90. The molecule has 0 bridgehead atoms. The van der Waals surface area contributed by atoms with Crippen LogP contribution in [0.4, 0.5) is 0 Å². The van der Waals surface area contributed by atoms with Gasteiger partial charge >= 0.3 is 0 Å². The number of piperazine rings is 1. The minimum atomic E-state index is 0.260. The highest BCUT2D eigenvalue weighted by molar-refractivity contribution is 4.90.